The Morgan fingerprint density at radius 1 is 1.21 bits per heavy atom. The van der Waals surface area contributed by atoms with Crippen molar-refractivity contribution in [1.29, 1.82) is 0 Å². The molecule has 1 fully saturated rings. The summed E-state index contributed by atoms with van der Waals surface area (Å²) in [4.78, 5) is 28.9. The van der Waals surface area contributed by atoms with Crippen molar-refractivity contribution in [2.24, 2.45) is 5.41 Å². The summed E-state index contributed by atoms with van der Waals surface area (Å²) in [6.45, 7) is 11.4. The maximum atomic E-state index is 12.8. The molecule has 0 aromatic heterocycles. The summed E-state index contributed by atoms with van der Waals surface area (Å²) in [5.74, 6) is -0.132. The SMILES string of the molecule is CC1(C)CN(C(=O)CCc2ccccc2)CC(=O)N(CC(O)COC(C)(C)C)C1. The molecular formula is C23H36N2O4. The maximum absolute atomic E-state index is 12.8. The Kier molecular flexibility index (Phi) is 7.83. The zero-order valence-electron chi connectivity index (χ0n) is 18.5. The highest BCUT2D eigenvalue weighted by Gasteiger charge is 2.35. The fourth-order valence-corrected chi connectivity index (χ4v) is 3.54. The van der Waals surface area contributed by atoms with Crippen LogP contribution >= 0.6 is 0 Å². The summed E-state index contributed by atoms with van der Waals surface area (Å²) >= 11 is 0. The Morgan fingerprint density at radius 3 is 2.48 bits per heavy atom. The van der Waals surface area contributed by atoms with Gasteiger partial charge in [0.05, 0.1) is 24.9 Å². The highest BCUT2D eigenvalue weighted by molar-refractivity contribution is 5.85. The standard InChI is InChI=1S/C23H36N2O4/c1-22(2,3)29-15-19(26)13-24-16-23(4,5)17-25(14-21(24)28)20(27)12-11-18-9-7-6-8-10-18/h6-10,19,26H,11-17H2,1-5H3. The van der Waals surface area contributed by atoms with E-state index in [1.165, 1.54) is 0 Å². The van der Waals surface area contributed by atoms with Crippen molar-refractivity contribution in [2.45, 2.75) is 59.2 Å². The van der Waals surface area contributed by atoms with Crippen LogP contribution in [0.4, 0.5) is 0 Å². The molecule has 1 N–H and O–H groups in total. The predicted octanol–water partition coefficient (Wildman–Crippen LogP) is 2.49. The molecule has 162 valence electrons. The first-order valence-electron chi connectivity index (χ1n) is 10.4. The lowest BCUT2D eigenvalue weighted by molar-refractivity contribution is -0.140. The number of rotatable bonds is 7. The van der Waals surface area contributed by atoms with Gasteiger partial charge in [-0.15, -0.1) is 0 Å². The summed E-state index contributed by atoms with van der Waals surface area (Å²) in [5.41, 5.74) is 0.523. The van der Waals surface area contributed by atoms with Gasteiger partial charge in [-0.2, -0.15) is 0 Å². The summed E-state index contributed by atoms with van der Waals surface area (Å²) < 4.78 is 5.63. The maximum Gasteiger partial charge on any atom is 0.242 e. The lowest BCUT2D eigenvalue weighted by atomic mass is 9.92. The molecule has 1 atom stereocenters. The molecule has 0 bridgehead atoms. The van der Waals surface area contributed by atoms with Crippen LogP contribution in [0.3, 0.4) is 0 Å². The Labute approximate surface area is 174 Å². The fraction of sp³-hybridized carbons (Fsp3) is 0.652. The number of carbonyl (C=O) groups excluding carboxylic acids is 2. The molecule has 29 heavy (non-hydrogen) atoms. The number of β-amino-alcohol motifs (C(OH)–C–C–N with tert-alkyl or cyclic N) is 1. The summed E-state index contributed by atoms with van der Waals surface area (Å²) in [5, 5.41) is 10.3. The van der Waals surface area contributed by atoms with Crippen LogP contribution < -0.4 is 0 Å². The molecular weight excluding hydrogens is 368 g/mol. The molecule has 1 unspecified atom stereocenters. The highest BCUT2D eigenvalue weighted by Crippen LogP contribution is 2.23. The van der Waals surface area contributed by atoms with E-state index in [2.05, 4.69) is 0 Å². The molecule has 1 aliphatic rings. The number of aliphatic hydroxyl groups excluding tert-OH is 1. The van der Waals surface area contributed by atoms with Crippen LogP contribution in [-0.4, -0.2) is 71.2 Å². The summed E-state index contributed by atoms with van der Waals surface area (Å²) in [6, 6.07) is 9.90. The van der Waals surface area contributed by atoms with Gasteiger partial charge in [-0.1, -0.05) is 44.2 Å². The number of benzene rings is 1. The van der Waals surface area contributed by atoms with E-state index in [-0.39, 0.29) is 42.5 Å². The van der Waals surface area contributed by atoms with Crippen molar-refractivity contribution >= 4 is 11.8 Å². The normalized spacial score (nSPS) is 18.5. The van der Waals surface area contributed by atoms with Gasteiger partial charge in [-0.3, -0.25) is 9.59 Å². The molecule has 2 amide bonds. The fourth-order valence-electron chi connectivity index (χ4n) is 3.54. The predicted molar refractivity (Wildman–Crippen MR) is 113 cm³/mol. The average molecular weight is 405 g/mol. The van der Waals surface area contributed by atoms with Crippen LogP contribution in [0.5, 0.6) is 0 Å². The number of aliphatic hydroxyl groups is 1. The second-order valence-electron chi connectivity index (χ2n) is 9.75. The molecule has 1 aromatic rings. The van der Waals surface area contributed by atoms with Gasteiger partial charge in [-0.05, 0) is 38.2 Å². The van der Waals surface area contributed by atoms with Crippen molar-refractivity contribution in [3.8, 4) is 0 Å². The Morgan fingerprint density at radius 2 is 1.86 bits per heavy atom. The summed E-state index contributed by atoms with van der Waals surface area (Å²) in [6.07, 6.45) is 0.293. The van der Waals surface area contributed by atoms with Crippen molar-refractivity contribution in [3.63, 3.8) is 0 Å². The van der Waals surface area contributed by atoms with Crippen LogP contribution in [0, 0.1) is 5.41 Å². The van der Waals surface area contributed by atoms with Gasteiger partial charge in [-0.25, -0.2) is 0 Å². The van der Waals surface area contributed by atoms with Crippen molar-refractivity contribution in [3.05, 3.63) is 35.9 Å². The number of aryl methyl sites for hydroxylation is 1. The van der Waals surface area contributed by atoms with E-state index in [9.17, 15) is 14.7 Å². The van der Waals surface area contributed by atoms with Crippen molar-refractivity contribution in [2.75, 3.05) is 32.8 Å². The zero-order chi connectivity index (χ0) is 21.7. The largest absolute Gasteiger partial charge is 0.389 e. The third-order valence-electron chi connectivity index (χ3n) is 4.88. The number of amides is 2. The van der Waals surface area contributed by atoms with E-state index >= 15 is 0 Å². The van der Waals surface area contributed by atoms with Gasteiger partial charge in [0.15, 0.2) is 0 Å². The molecule has 1 heterocycles. The molecule has 0 radical (unpaired) electrons. The monoisotopic (exact) mass is 404 g/mol. The molecule has 6 nitrogen and oxygen atoms in total. The molecule has 0 spiro atoms. The lowest BCUT2D eigenvalue weighted by Crippen LogP contribution is -2.44. The van der Waals surface area contributed by atoms with Crippen LogP contribution in [0.15, 0.2) is 30.3 Å². The van der Waals surface area contributed by atoms with E-state index in [1.54, 1.807) is 9.80 Å². The van der Waals surface area contributed by atoms with E-state index in [0.29, 0.717) is 25.9 Å². The first-order valence-corrected chi connectivity index (χ1v) is 10.4. The molecule has 2 rings (SSSR count). The Balaban J connectivity index is 1.96. The lowest BCUT2D eigenvalue weighted by Gasteiger charge is -2.32. The highest BCUT2D eigenvalue weighted by atomic mass is 16.5. The van der Waals surface area contributed by atoms with Crippen LogP contribution in [0.1, 0.15) is 46.6 Å². The van der Waals surface area contributed by atoms with Crippen molar-refractivity contribution < 1.29 is 19.4 Å². The molecule has 1 saturated heterocycles. The molecule has 1 aromatic carbocycles. The zero-order valence-corrected chi connectivity index (χ0v) is 18.5. The minimum absolute atomic E-state index is 0.00579. The van der Waals surface area contributed by atoms with Gasteiger partial charge >= 0.3 is 0 Å². The van der Waals surface area contributed by atoms with Gasteiger partial charge in [0, 0.05) is 26.1 Å². The van der Waals surface area contributed by atoms with Gasteiger partial charge in [0.25, 0.3) is 0 Å². The Hall–Kier alpha value is -1.92. The first kappa shape index (κ1) is 23.4. The van der Waals surface area contributed by atoms with Crippen LogP contribution in [0.25, 0.3) is 0 Å². The second-order valence-corrected chi connectivity index (χ2v) is 9.75. The number of ether oxygens (including phenoxy) is 1. The van der Waals surface area contributed by atoms with Crippen LogP contribution in [-0.2, 0) is 20.7 Å². The molecule has 0 saturated carbocycles. The number of carbonyl (C=O) groups is 2. The van der Waals surface area contributed by atoms with Crippen molar-refractivity contribution in [1.82, 2.24) is 9.80 Å². The molecule has 6 heteroatoms. The first-order chi connectivity index (χ1) is 13.5. The van der Waals surface area contributed by atoms with Gasteiger partial charge in [0.1, 0.15) is 0 Å². The van der Waals surface area contributed by atoms with E-state index in [1.807, 2.05) is 65.0 Å². The van der Waals surface area contributed by atoms with E-state index < -0.39 is 6.10 Å². The third kappa shape index (κ3) is 8.15. The van der Waals surface area contributed by atoms with Gasteiger partial charge in [0.2, 0.25) is 11.8 Å². The average Bonchev–Trinajstić information content (AvgIpc) is 2.74. The molecule has 0 aliphatic carbocycles. The molecule has 1 aliphatic heterocycles. The van der Waals surface area contributed by atoms with E-state index in [4.69, 9.17) is 4.74 Å². The third-order valence-corrected chi connectivity index (χ3v) is 4.88. The smallest absolute Gasteiger partial charge is 0.242 e. The topological polar surface area (TPSA) is 70.1 Å². The van der Waals surface area contributed by atoms with Crippen LogP contribution in [0.2, 0.25) is 0 Å². The Bertz CT molecular complexity index is 682. The number of nitrogens with zero attached hydrogens (tertiary/aromatic N) is 2. The van der Waals surface area contributed by atoms with E-state index in [0.717, 1.165) is 5.56 Å². The minimum atomic E-state index is -0.755. The summed E-state index contributed by atoms with van der Waals surface area (Å²) in [7, 11) is 0. The van der Waals surface area contributed by atoms with Gasteiger partial charge < -0.3 is 19.6 Å². The number of hydrogen-bond acceptors (Lipinski definition) is 4. The quantitative estimate of drug-likeness (QED) is 0.758. The minimum Gasteiger partial charge on any atom is -0.389 e. The number of hydrogen-bond donors (Lipinski definition) is 1. The second kappa shape index (κ2) is 9.72.